The predicted octanol–water partition coefficient (Wildman–Crippen LogP) is -0.399. The molecule has 0 unspecified atom stereocenters. The Bertz CT molecular complexity index is 1800. The Balaban J connectivity index is 0.888. The van der Waals surface area contributed by atoms with Crippen LogP contribution < -0.4 is 0 Å². The van der Waals surface area contributed by atoms with Crippen LogP contribution in [0.3, 0.4) is 0 Å². The molecule has 1 spiro atoms. The van der Waals surface area contributed by atoms with E-state index in [0.717, 1.165) is 38.5 Å². The van der Waals surface area contributed by atoms with Gasteiger partial charge in [0.15, 0.2) is 18.9 Å². The Kier molecular flexibility index (Phi) is 12.9. The third-order valence-electron chi connectivity index (χ3n) is 20.0. The van der Waals surface area contributed by atoms with E-state index in [-0.39, 0.29) is 51.4 Å². The largest absolute Gasteiger partial charge is 0.396 e. The minimum absolute atomic E-state index is 0.0353. The van der Waals surface area contributed by atoms with E-state index in [1.165, 1.54) is 6.92 Å². The van der Waals surface area contributed by atoms with Crippen LogP contribution in [0.1, 0.15) is 99.8 Å². The molecule has 5 aliphatic carbocycles. The number of hydrogen-bond donors (Lipinski definition) is 11. The van der Waals surface area contributed by atoms with Gasteiger partial charge in [-0.25, -0.2) is 0 Å². The first-order chi connectivity index (χ1) is 30.9. The van der Waals surface area contributed by atoms with Crippen LogP contribution in [0.2, 0.25) is 0 Å². The van der Waals surface area contributed by atoms with Crippen molar-refractivity contribution in [3.8, 4) is 0 Å². The molecule has 9 rings (SSSR count). The Morgan fingerprint density at radius 1 is 0.636 bits per heavy atom. The molecule has 0 radical (unpaired) electrons. The van der Waals surface area contributed by atoms with Crippen LogP contribution in [0.4, 0.5) is 0 Å². The smallest absolute Gasteiger partial charge is 0.187 e. The van der Waals surface area contributed by atoms with Crippen molar-refractivity contribution in [3.63, 3.8) is 0 Å². The highest BCUT2D eigenvalue weighted by Crippen LogP contribution is 2.79. The molecule has 26 atom stereocenters. The van der Waals surface area contributed by atoms with Crippen LogP contribution in [-0.2, 0) is 33.2 Å². The molecular formula is C48H78O18. The Morgan fingerprint density at radius 2 is 1.29 bits per heavy atom. The molecule has 11 N–H and O–H groups in total. The Hall–Kier alpha value is -0.980. The predicted molar refractivity (Wildman–Crippen MR) is 229 cm³/mol. The van der Waals surface area contributed by atoms with E-state index in [0.29, 0.717) is 19.4 Å². The summed E-state index contributed by atoms with van der Waals surface area (Å²) in [7, 11) is 0. The second-order valence-electron chi connectivity index (χ2n) is 23.8. The van der Waals surface area contributed by atoms with Gasteiger partial charge in [-0.2, -0.15) is 0 Å². The van der Waals surface area contributed by atoms with Crippen LogP contribution in [0.25, 0.3) is 0 Å². The van der Waals surface area contributed by atoms with Crippen LogP contribution in [-0.4, -0.2) is 193 Å². The first-order valence-electron chi connectivity index (χ1n) is 24.5. The summed E-state index contributed by atoms with van der Waals surface area (Å²) >= 11 is 0. The zero-order valence-corrected chi connectivity index (χ0v) is 39.5. The first-order valence-corrected chi connectivity index (χ1v) is 24.5. The van der Waals surface area contributed by atoms with Gasteiger partial charge in [0.1, 0.15) is 67.1 Å². The number of fused-ring (bicyclic) bond motifs is 4. The maximum atomic E-state index is 12.2. The molecule has 4 saturated carbocycles. The fourth-order valence-corrected chi connectivity index (χ4v) is 15.7. The summed E-state index contributed by atoms with van der Waals surface area (Å²) in [6.45, 7) is 14.3. The van der Waals surface area contributed by atoms with Crippen molar-refractivity contribution >= 4 is 0 Å². The maximum absolute atomic E-state index is 12.2. The molecule has 4 saturated heterocycles. The quantitative estimate of drug-likeness (QED) is 0.104. The average Bonchev–Trinajstić information content (AvgIpc) is 3.55. The number of allylic oxidation sites excluding steroid dienone is 1. The minimum Gasteiger partial charge on any atom is -0.396 e. The molecule has 4 heterocycles. The average molecular weight is 943 g/mol. The molecule has 2 bridgehead atoms. The lowest BCUT2D eigenvalue weighted by atomic mass is 9.32. The summed E-state index contributed by atoms with van der Waals surface area (Å²) < 4.78 is 42.5. The lowest BCUT2D eigenvalue weighted by Crippen LogP contribution is -2.72. The molecule has 18 heteroatoms. The highest BCUT2D eigenvalue weighted by molar-refractivity contribution is 5.36. The molecule has 0 amide bonds. The van der Waals surface area contributed by atoms with Crippen LogP contribution in [0.15, 0.2) is 12.2 Å². The van der Waals surface area contributed by atoms with Gasteiger partial charge in [0.25, 0.3) is 0 Å². The summed E-state index contributed by atoms with van der Waals surface area (Å²) in [6, 6.07) is 0. The molecule has 378 valence electrons. The van der Waals surface area contributed by atoms with Gasteiger partial charge in [0.05, 0.1) is 50.3 Å². The van der Waals surface area contributed by atoms with Crippen molar-refractivity contribution < 1.29 is 89.3 Å². The third kappa shape index (κ3) is 7.08. The van der Waals surface area contributed by atoms with Gasteiger partial charge < -0.3 is 89.3 Å². The number of aliphatic hydroxyl groups is 11. The molecular weight excluding hydrogens is 865 g/mol. The van der Waals surface area contributed by atoms with Gasteiger partial charge in [-0.1, -0.05) is 53.7 Å². The monoisotopic (exact) mass is 943 g/mol. The van der Waals surface area contributed by atoms with Crippen LogP contribution in [0, 0.1) is 50.2 Å². The molecule has 4 aliphatic heterocycles. The normalized spacial score (nSPS) is 58.8. The van der Waals surface area contributed by atoms with Crippen molar-refractivity contribution in [3.05, 3.63) is 12.2 Å². The standard InChI is InChI=1S/C48H78O18/c1-22-30(52)32(54)35(57)40(62-22)66-38-23(18-49)63-39(37(59)34(38)56)60-19-24-31(53)33(55)36(58)41(64-24)65-29-10-11-43(4)25(44(29,5)20-50)8-12-45(6)26(43)9-13-48-27-16-42(2,3)14-15-47(27,21-61-48)28(51)17-46(45,48)7/h9,13,22-41,49-59H,8,10-12,14-21H2,1-7H3/t22-,23+,24+,25+,26-,27-,28-,29-,30-,31+,32+,33-,34+,35+,36+,37+,38+,39+,40+,41-,43-,44-,45+,46+,47+,48+/m0/s1. The van der Waals surface area contributed by atoms with Gasteiger partial charge in [-0.05, 0) is 86.4 Å². The second-order valence-corrected chi connectivity index (χ2v) is 23.8. The SMILES string of the molecule is C[C@@H]1O[C@H](O[C@H]2[C@H](O)[C@@H](O)[C@H](OC[C@H]3O[C@@H](O[C@H]4CC[C@@]5(C)[C@@H](CC[C@]6(C)[C@H]5C=C[C@@]57OC[C@@]8(CCC(C)(C)C[C@@H]85)[C@@H](O)C[C@]67C)[C@]4(C)CO)[C@H](O)[C@@H](O)[C@@H]3O)O[C@@H]2CO)[C@H](O)[C@H](O)[C@H]1O. The van der Waals surface area contributed by atoms with Crippen molar-refractivity contribution in [1.29, 1.82) is 0 Å². The molecule has 0 aromatic carbocycles. The van der Waals surface area contributed by atoms with Crippen LogP contribution >= 0.6 is 0 Å². The lowest BCUT2D eigenvalue weighted by Gasteiger charge is -2.73. The summed E-state index contributed by atoms with van der Waals surface area (Å²) in [4.78, 5) is 0. The van der Waals surface area contributed by atoms with Gasteiger partial charge in [0.2, 0.25) is 0 Å². The van der Waals surface area contributed by atoms with Crippen molar-refractivity contribution in [1.82, 2.24) is 0 Å². The third-order valence-corrected chi connectivity index (χ3v) is 20.0. The molecule has 9 aliphatic rings. The lowest BCUT2D eigenvalue weighted by molar-refractivity contribution is -0.365. The topological polar surface area (TPSA) is 287 Å². The molecule has 66 heavy (non-hydrogen) atoms. The van der Waals surface area contributed by atoms with Crippen molar-refractivity contribution in [2.45, 2.75) is 210 Å². The van der Waals surface area contributed by atoms with E-state index in [1.54, 1.807) is 0 Å². The van der Waals surface area contributed by atoms with E-state index in [2.05, 4.69) is 46.8 Å². The summed E-state index contributed by atoms with van der Waals surface area (Å²) in [5, 5.41) is 120. The van der Waals surface area contributed by atoms with Gasteiger partial charge in [0, 0.05) is 22.2 Å². The van der Waals surface area contributed by atoms with Gasteiger partial charge >= 0.3 is 0 Å². The van der Waals surface area contributed by atoms with E-state index < -0.39 is 129 Å². The number of ether oxygens (including phenoxy) is 7. The van der Waals surface area contributed by atoms with Crippen molar-refractivity contribution in [2.24, 2.45) is 50.2 Å². The summed E-state index contributed by atoms with van der Waals surface area (Å²) in [6.07, 6.45) is -13.1. The van der Waals surface area contributed by atoms with E-state index >= 15 is 0 Å². The summed E-state index contributed by atoms with van der Waals surface area (Å²) in [5.41, 5.74) is -2.27. The highest BCUT2D eigenvalue weighted by atomic mass is 16.8. The van der Waals surface area contributed by atoms with Gasteiger partial charge in [-0.15, -0.1) is 0 Å². The zero-order valence-electron chi connectivity index (χ0n) is 39.5. The molecule has 18 nitrogen and oxygen atoms in total. The molecule has 0 aromatic rings. The highest BCUT2D eigenvalue weighted by Gasteiger charge is 2.79. The molecule has 8 fully saturated rings. The van der Waals surface area contributed by atoms with Crippen LogP contribution in [0.5, 0.6) is 0 Å². The Morgan fingerprint density at radius 3 is 1.97 bits per heavy atom. The Labute approximate surface area is 387 Å². The van der Waals surface area contributed by atoms with Crippen molar-refractivity contribution in [2.75, 3.05) is 26.4 Å². The number of aliphatic hydroxyl groups excluding tert-OH is 11. The number of rotatable bonds is 9. The summed E-state index contributed by atoms with van der Waals surface area (Å²) in [5.74, 6) is 0.278. The van der Waals surface area contributed by atoms with E-state index in [9.17, 15) is 56.2 Å². The fraction of sp³-hybridized carbons (Fsp3) is 0.958. The molecule has 0 aromatic heterocycles. The van der Waals surface area contributed by atoms with E-state index in [1.807, 2.05) is 6.92 Å². The number of hydrogen-bond acceptors (Lipinski definition) is 18. The zero-order chi connectivity index (χ0) is 47.9. The second kappa shape index (κ2) is 17.1. The fourth-order valence-electron chi connectivity index (χ4n) is 15.7. The first kappa shape index (κ1) is 50.0. The maximum Gasteiger partial charge on any atom is 0.187 e. The van der Waals surface area contributed by atoms with E-state index in [4.69, 9.17) is 33.2 Å². The van der Waals surface area contributed by atoms with Gasteiger partial charge in [-0.3, -0.25) is 0 Å². The minimum atomic E-state index is -1.82.